The third-order valence-corrected chi connectivity index (χ3v) is 8.77. The summed E-state index contributed by atoms with van der Waals surface area (Å²) in [5, 5.41) is 13.3. The van der Waals surface area contributed by atoms with Crippen LogP contribution < -0.4 is 15.6 Å². The number of ether oxygens (including phenoxy) is 1. The molecular weight excluding hydrogens is 560 g/mol. The fourth-order valence-corrected chi connectivity index (χ4v) is 6.91. The predicted molar refractivity (Wildman–Crippen MR) is 159 cm³/mol. The Morgan fingerprint density at radius 3 is 2.77 bits per heavy atom. The van der Waals surface area contributed by atoms with Gasteiger partial charge in [-0.2, -0.15) is 0 Å². The van der Waals surface area contributed by atoms with Crippen molar-refractivity contribution in [1.29, 1.82) is 0 Å². The van der Waals surface area contributed by atoms with E-state index in [-0.39, 0.29) is 29.2 Å². The van der Waals surface area contributed by atoms with Gasteiger partial charge in [-0.15, -0.1) is 0 Å². The highest BCUT2D eigenvalue weighted by Gasteiger charge is 2.42. The molecule has 5 aromatic rings. The molecule has 1 unspecified atom stereocenters. The highest BCUT2D eigenvalue weighted by atomic mass is 19.2. The lowest BCUT2D eigenvalue weighted by atomic mass is 9.99. The number of likely N-dealkylation sites (tertiary alicyclic amines) is 1. The SMILES string of the molecule is CNc1cc(F)c(F)c2c1[nH]c1ncc(-c3cnc4c(c3)c(=O)c(C(=O)O)cn4COC)c(N3CCC4CN(C)C[C@H]43)c12. The predicted octanol–water partition coefficient (Wildman–Crippen LogP) is 3.86. The first kappa shape index (κ1) is 27.2. The van der Waals surface area contributed by atoms with Crippen LogP contribution in [0.3, 0.4) is 0 Å². The summed E-state index contributed by atoms with van der Waals surface area (Å²) in [5.41, 5.74) is 2.08. The zero-order valence-corrected chi connectivity index (χ0v) is 23.7. The number of hydrogen-bond donors (Lipinski definition) is 3. The smallest absolute Gasteiger partial charge is 0.341 e. The summed E-state index contributed by atoms with van der Waals surface area (Å²) in [7, 11) is 5.16. The lowest BCUT2D eigenvalue weighted by Gasteiger charge is -2.29. The van der Waals surface area contributed by atoms with Crippen LogP contribution in [0.5, 0.6) is 0 Å². The van der Waals surface area contributed by atoms with Crippen molar-refractivity contribution in [2.75, 3.05) is 51.1 Å². The highest BCUT2D eigenvalue weighted by Crippen LogP contribution is 2.46. The van der Waals surface area contributed by atoms with E-state index in [2.05, 4.69) is 37.1 Å². The molecule has 7 rings (SSSR count). The van der Waals surface area contributed by atoms with Gasteiger partial charge in [-0.05, 0) is 25.5 Å². The van der Waals surface area contributed by atoms with E-state index >= 15 is 4.39 Å². The van der Waals surface area contributed by atoms with Gasteiger partial charge in [-0.1, -0.05) is 0 Å². The first-order chi connectivity index (χ1) is 20.7. The van der Waals surface area contributed by atoms with Crippen LogP contribution in [0, 0.1) is 17.6 Å². The maximum absolute atomic E-state index is 15.7. The van der Waals surface area contributed by atoms with Gasteiger partial charge in [0.05, 0.1) is 33.1 Å². The van der Waals surface area contributed by atoms with Crippen molar-refractivity contribution in [3.8, 4) is 11.1 Å². The molecule has 0 saturated carbocycles. The first-order valence-corrected chi connectivity index (χ1v) is 13.9. The molecule has 2 aliphatic heterocycles. The average molecular weight is 590 g/mol. The van der Waals surface area contributed by atoms with Gasteiger partial charge >= 0.3 is 5.97 Å². The molecule has 2 aliphatic rings. The summed E-state index contributed by atoms with van der Waals surface area (Å²) in [5.74, 6) is -2.93. The highest BCUT2D eigenvalue weighted by molar-refractivity contribution is 6.18. The quantitative estimate of drug-likeness (QED) is 0.271. The Labute approximate surface area is 243 Å². The second kappa shape index (κ2) is 9.99. The Morgan fingerprint density at radius 2 is 2.02 bits per heavy atom. The number of aromatic amines is 1. The number of fused-ring (bicyclic) bond motifs is 5. The molecule has 222 valence electrons. The van der Waals surface area contributed by atoms with Gasteiger partial charge in [0.1, 0.15) is 23.6 Å². The second-order valence-electron chi connectivity index (χ2n) is 11.3. The van der Waals surface area contributed by atoms with Crippen LogP contribution in [0.2, 0.25) is 0 Å². The van der Waals surface area contributed by atoms with Crippen molar-refractivity contribution >= 4 is 50.3 Å². The number of halogens is 2. The van der Waals surface area contributed by atoms with Crippen molar-refractivity contribution < 1.29 is 23.4 Å². The van der Waals surface area contributed by atoms with Crippen LogP contribution in [-0.2, 0) is 11.5 Å². The molecule has 2 atom stereocenters. The minimum absolute atomic E-state index is 0.0134. The van der Waals surface area contributed by atoms with Gasteiger partial charge in [0.25, 0.3) is 0 Å². The summed E-state index contributed by atoms with van der Waals surface area (Å²) in [6, 6.07) is 2.84. The van der Waals surface area contributed by atoms with E-state index in [0.717, 1.165) is 25.6 Å². The zero-order chi connectivity index (χ0) is 30.2. The van der Waals surface area contributed by atoms with E-state index in [0.29, 0.717) is 51.5 Å². The van der Waals surface area contributed by atoms with Crippen LogP contribution in [0.15, 0.2) is 35.5 Å². The number of H-pyrrole nitrogens is 1. The largest absolute Gasteiger partial charge is 0.477 e. The third-order valence-electron chi connectivity index (χ3n) is 8.77. The Morgan fingerprint density at radius 1 is 1.21 bits per heavy atom. The van der Waals surface area contributed by atoms with Crippen LogP contribution in [0.25, 0.3) is 44.1 Å². The van der Waals surface area contributed by atoms with E-state index in [1.54, 1.807) is 25.5 Å². The number of pyridine rings is 3. The molecule has 0 radical (unpaired) electrons. The number of aromatic carboxylic acids is 1. The van der Waals surface area contributed by atoms with E-state index < -0.39 is 28.6 Å². The topological polar surface area (TPSA) is 129 Å². The molecule has 0 amide bonds. The van der Waals surface area contributed by atoms with Gasteiger partial charge < -0.3 is 34.5 Å². The number of likely N-dealkylation sites (N-methyl/N-ethyl adjacent to an activating group) is 1. The first-order valence-electron chi connectivity index (χ1n) is 13.9. The monoisotopic (exact) mass is 589 g/mol. The van der Waals surface area contributed by atoms with Crippen LogP contribution in [0.4, 0.5) is 20.2 Å². The number of benzene rings is 1. The molecule has 11 nitrogen and oxygen atoms in total. The summed E-state index contributed by atoms with van der Waals surface area (Å²) in [6.45, 7) is 2.41. The summed E-state index contributed by atoms with van der Waals surface area (Å²) >= 11 is 0. The van der Waals surface area contributed by atoms with Crippen LogP contribution in [0.1, 0.15) is 16.8 Å². The van der Waals surface area contributed by atoms with Gasteiger partial charge in [0.2, 0.25) is 5.43 Å². The number of nitrogens with zero attached hydrogens (tertiary/aromatic N) is 5. The van der Waals surface area contributed by atoms with E-state index in [4.69, 9.17) is 4.74 Å². The molecule has 0 bridgehead atoms. The second-order valence-corrected chi connectivity index (χ2v) is 11.3. The van der Waals surface area contributed by atoms with E-state index in [1.165, 1.54) is 17.9 Å². The number of carbonyl (C=O) groups is 1. The van der Waals surface area contributed by atoms with Crippen molar-refractivity contribution in [1.82, 2.24) is 24.4 Å². The maximum Gasteiger partial charge on any atom is 0.341 e. The van der Waals surface area contributed by atoms with Gasteiger partial charge in [-0.3, -0.25) is 4.79 Å². The van der Waals surface area contributed by atoms with Crippen LogP contribution >= 0.6 is 0 Å². The maximum atomic E-state index is 15.7. The molecule has 43 heavy (non-hydrogen) atoms. The number of anilines is 2. The number of methoxy groups -OCH3 is 1. The Bertz CT molecular complexity index is 2020. The van der Waals surface area contributed by atoms with Gasteiger partial charge in [0, 0.05) is 75.6 Å². The Balaban J connectivity index is 1.56. The fraction of sp³-hybridized carbons (Fsp3) is 0.333. The van der Waals surface area contributed by atoms with Crippen molar-refractivity contribution in [3.63, 3.8) is 0 Å². The molecule has 4 aromatic heterocycles. The van der Waals surface area contributed by atoms with Crippen molar-refractivity contribution in [2.45, 2.75) is 19.2 Å². The molecule has 13 heteroatoms. The number of carboxylic acids is 1. The number of hydrogen-bond acceptors (Lipinski definition) is 8. The van der Waals surface area contributed by atoms with Gasteiger partial charge in [-0.25, -0.2) is 23.5 Å². The van der Waals surface area contributed by atoms with Crippen LogP contribution in [-0.4, -0.2) is 82.4 Å². The molecule has 0 spiro atoms. The standard InChI is InChI=1S/C30H29F2N7O4/c1-33-20-7-19(31)24(32)22-23-26(39-5-4-14-10-37(2)12-21(14)39)17(9-34-28(23)36-25(20)22)15-6-16-27(40)18(30(41)42)11-38(13-43-3)29(16)35-8-15/h6-9,11,14,21,33H,4-5,10,12-13H2,1-3H3,(H,34,36)(H,41,42)/t14?,21-/m1/s1. The van der Waals surface area contributed by atoms with Gasteiger partial charge in [0.15, 0.2) is 11.6 Å². The summed E-state index contributed by atoms with van der Waals surface area (Å²) < 4.78 is 37.3. The van der Waals surface area contributed by atoms with E-state index in [9.17, 15) is 19.1 Å². The number of aromatic nitrogens is 4. The lowest BCUT2D eigenvalue weighted by molar-refractivity contribution is 0.0693. The third kappa shape index (κ3) is 4.06. The molecule has 6 heterocycles. The Hall–Kier alpha value is -4.62. The molecule has 1 aromatic carbocycles. The lowest BCUT2D eigenvalue weighted by Crippen LogP contribution is -2.35. The number of carboxylic acid groups (broad SMARTS) is 1. The molecular formula is C30H29F2N7O4. The average Bonchev–Trinajstić information content (AvgIpc) is 3.68. The molecule has 3 N–H and O–H groups in total. The normalized spacial score (nSPS) is 18.8. The molecule has 2 saturated heterocycles. The molecule has 2 fully saturated rings. The molecule has 0 aliphatic carbocycles. The van der Waals surface area contributed by atoms with Crippen molar-refractivity contribution in [2.24, 2.45) is 5.92 Å². The minimum atomic E-state index is -1.36. The minimum Gasteiger partial charge on any atom is -0.477 e. The van der Waals surface area contributed by atoms with E-state index in [1.807, 2.05) is 0 Å². The van der Waals surface area contributed by atoms with Crippen molar-refractivity contribution in [3.05, 3.63) is 58.1 Å². The summed E-state index contributed by atoms with van der Waals surface area (Å²) in [6.07, 6.45) is 5.37. The Kier molecular flexibility index (Phi) is 6.32. The number of rotatable bonds is 6. The number of nitrogens with one attached hydrogen (secondary N) is 2. The zero-order valence-electron chi connectivity index (χ0n) is 23.7. The summed E-state index contributed by atoms with van der Waals surface area (Å²) in [4.78, 5) is 42.1. The fourth-order valence-electron chi connectivity index (χ4n) is 6.91.